The zero-order valence-electron chi connectivity index (χ0n) is 9.53. The third-order valence-electron chi connectivity index (χ3n) is 2.11. The highest BCUT2D eigenvalue weighted by atomic mass is 19.1. The third kappa shape index (κ3) is 3.45. The van der Waals surface area contributed by atoms with Crippen LogP contribution < -0.4 is 16.4 Å². The second-order valence-corrected chi connectivity index (χ2v) is 3.53. The molecule has 6 nitrogen and oxygen atoms in total. The van der Waals surface area contributed by atoms with Crippen molar-refractivity contribution in [1.29, 1.82) is 5.26 Å². The number of primary amides is 1. The molecule has 0 spiro atoms. The number of benzene rings is 1. The summed E-state index contributed by atoms with van der Waals surface area (Å²) in [5, 5.41) is 13.0. The number of hydrogen-bond acceptors (Lipinski definition) is 4. The average Bonchev–Trinajstić information content (AvgIpc) is 2.30. The molecule has 1 rings (SSSR count). The minimum Gasteiger partial charge on any atom is -0.372 e. The van der Waals surface area contributed by atoms with E-state index >= 15 is 0 Å². The van der Waals surface area contributed by atoms with Gasteiger partial charge in [-0.25, -0.2) is 9.18 Å². The molecule has 0 aliphatic rings. The van der Waals surface area contributed by atoms with Crippen molar-refractivity contribution in [3.05, 3.63) is 29.6 Å². The van der Waals surface area contributed by atoms with Crippen LogP contribution in [-0.4, -0.2) is 18.0 Å². The van der Waals surface area contributed by atoms with Crippen molar-refractivity contribution in [2.75, 3.05) is 5.32 Å². The molecule has 1 aromatic carbocycles. The highest BCUT2D eigenvalue weighted by Crippen LogP contribution is 2.16. The van der Waals surface area contributed by atoms with Crippen molar-refractivity contribution in [2.24, 2.45) is 5.73 Å². The zero-order chi connectivity index (χ0) is 13.7. The van der Waals surface area contributed by atoms with E-state index in [1.54, 1.807) is 6.07 Å². The molecule has 3 amide bonds. The van der Waals surface area contributed by atoms with Crippen molar-refractivity contribution in [2.45, 2.75) is 13.0 Å². The van der Waals surface area contributed by atoms with Crippen molar-refractivity contribution in [3.63, 3.8) is 0 Å². The number of rotatable bonds is 3. The fourth-order valence-corrected chi connectivity index (χ4v) is 1.23. The molecule has 94 valence electrons. The number of anilines is 1. The van der Waals surface area contributed by atoms with E-state index in [0.717, 1.165) is 6.07 Å². The molecular formula is C11H11FN4O2. The van der Waals surface area contributed by atoms with Crippen LogP contribution in [0.4, 0.5) is 14.9 Å². The first-order valence-corrected chi connectivity index (χ1v) is 5.00. The van der Waals surface area contributed by atoms with Crippen LogP contribution >= 0.6 is 0 Å². The minimum atomic E-state index is -0.978. The maximum absolute atomic E-state index is 13.5. The van der Waals surface area contributed by atoms with Gasteiger partial charge in [0, 0.05) is 0 Å². The van der Waals surface area contributed by atoms with Crippen molar-refractivity contribution < 1.29 is 14.0 Å². The zero-order valence-corrected chi connectivity index (χ0v) is 9.53. The first-order chi connectivity index (χ1) is 8.43. The Balaban J connectivity index is 2.76. The molecule has 1 atom stereocenters. The van der Waals surface area contributed by atoms with Gasteiger partial charge in [-0.15, -0.1) is 0 Å². The summed E-state index contributed by atoms with van der Waals surface area (Å²) < 4.78 is 13.5. The van der Waals surface area contributed by atoms with Crippen LogP contribution in [0, 0.1) is 17.1 Å². The van der Waals surface area contributed by atoms with E-state index in [2.05, 4.69) is 5.32 Å². The SMILES string of the molecule is CC(Nc1ccc(C#N)cc1F)C(=O)NC(N)=O. The lowest BCUT2D eigenvalue weighted by Crippen LogP contribution is -2.43. The third-order valence-corrected chi connectivity index (χ3v) is 2.11. The molecule has 0 radical (unpaired) electrons. The number of hydrogen-bond donors (Lipinski definition) is 3. The molecule has 7 heteroatoms. The number of nitrogens with two attached hydrogens (primary N) is 1. The summed E-state index contributed by atoms with van der Waals surface area (Å²) in [6, 6.07) is 3.75. The Labute approximate surface area is 103 Å². The van der Waals surface area contributed by atoms with E-state index in [0.29, 0.717) is 0 Å². The first kappa shape index (κ1) is 13.4. The first-order valence-electron chi connectivity index (χ1n) is 5.00. The number of nitrogens with zero attached hydrogens (tertiary/aromatic N) is 1. The van der Waals surface area contributed by atoms with Crippen molar-refractivity contribution in [1.82, 2.24) is 5.32 Å². The number of carbonyl (C=O) groups excluding carboxylic acids is 2. The van der Waals surface area contributed by atoms with Crippen LogP contribution in [0.1, 0.15) is 12.5 Å². The molecule has 1 unspecified atom stereocenters. The monoisotopic (exact) mass is 250 g/mol. The summed E-state index contributed by atoms with van der Waals surface area (Å²) in [4.78, 5) is 21.8. The Hall–Kier alpha value is -2.62. The minimum absolute atomic E-state index is 0.0566. The number of carbonyl (C=O) groups is 2. The molecule has 18 heavy (non-hydrogen) atoms. The van der Waals surface area contributed by atoms with Crippen LogP contribution in [0.2, 0.25) is 0 Å². The average molecular weight is 250 g/mol. The van der Waals surface area contributed by atoms with Crippen LogP contribution in [0.3, 0.4) is 0 Å². The number of nitriles is 1. The topological polar surface area (TPSA) is 108 Å². The van der Waals surface area contributed by atoms with Crippen LogP contribution in [-0.2, 0) is 4.79 Å². The van der Waals surface area contributed by atoms with Gasteiger partial charge in [0.1, 0.15) is 11.9 Å². The smallest absolute Gasteiger partial charge is 0.318 e. The Kier molecular flexibility index (Phi) is 4.21. The van der Waals surface area contributed by atoms with Crippen molar-refractivity contribution >= 4 is 17.6 Å². The Morgan fingerprint density at radius 3 is 2.67 bits per heavy atom. The van der Waals surface area contributed by atoms with E-state index in [9.17, 15) is 14.0 Å². The van der Waals surface area contributed by atoms with Gasteiger partial charge in [0.15, 0.2) is 0 Å². The fourth-order valence-electron chi connectivity index (χ4n) is 1.23. The lowest BCUT2D eigenvalue weighted by atomic mass is 10.2. The normalized spacial score (nSPS) is 11.2. The summed E-state index contributed by atoms with van der Waals surface area (Å²) in [5.74, 6) is -1.33. The summed E-state index contributed by atoms with van der Waals surface area (Å²) >= 11 is 0. The molecule has 0 bridgehead atoms. The number of amides is 3. The summed E-state index contributed by atoms with van der Waals surface area (Å²) in [7, 11) is 0. The predicted molar refractivity (Wildman–Crippen MR) is 61.9 cm³/mol. The van der Waals surface area contributed by atoms with Crippen molar-refractivity contribution in [3.8, 4) is 6.07 Å². The highest BCUT2D eigenvalue weighted by molar-refractivity contribution is 5.97. The fraction of sp³-hybridized carbons (Fsp3) is 0.182. The van der Waals surface area contributed by atoms with Crippen LogP contribution in [0.5, 0.6) is 0 Å². The predicted octanol–water partition coefficient (Wildman–Crippen LogP) is 0.693. The quantitative estimate of drug-likeness (QED) is 0.733. The lowest BCUT2D eigenvalue weighted by Gasteiger charge is -2.14. The molecule has 1 aromatic rings. The van der Waals surface area contributed by atoms with E-state index in [1.165, 1.54) is 19.1 Å². The molecule has 4 N–H and O–H groups in total. The maximum atomic E-state index is 13.5. The molecule has 0 heterocycles. The molecule has 0 aliphatic heterocycles. The number of imide groups is 1. The summed E-state index contributed by atoms with van der Waals surface area (Å²) in [6.45, 7) is 1.44. The van der Waals surface area contributed by atoms with Crippen LogP contribution in [0.15, 0.2) is 18.2 Å². The van der Waals surface area contributed by atoms with Gasteiger partial charge in [0.2, 0.25) is 5.91 Å². The summed E-state index contributed by atoms with van der Waals surface area (Å²) in [5.41, 5.74) is 5.01. The van der Waals surface area contributed by atoms with Gasteiger partial charge in [0.25, 0.3) is 0 Å². The van der Waals surface area contributed by atoms with E-state index < -0.39 is 23.8 Å². The van der Waals surface area contributed by atoms with Gasteiger partial charge in [0.05, 0.1) is 17.3 Å². The van der Waals surface area contributed by atoms with Gasteiger partial charge in [-0.05, 0) is 25.1 Å². The van der Waals surface area contributed by atoms with Gasteiger partial charge in [-0.3, -0.25) is 10.1 Å². The molecule has 0 saturated heterocycles. The Bertz CT molecular complexity index is 524. The van der Waals surface area contributed by atoms with Gasteiger partial charge >= 0.3 is 6.03 Å². The standard InChI is InChI=1S/C11H11FN4O2/c1-6(10(17)16-11(14)18)15-9-3-2-7(5-13)4-8(9)12/h2-4,6,15H,1H3,(H3,14,16,17,18). The number of urea groups is 1. The van der Waals surface area contributed by atoms with Gasteiger partial charge in [-0.2, -0.15) is 5.26 Å². The lowest BCUT2D eigenvalue weighted by molar-refractivity contribution is -0.120. The van der Waals surface area contributed by atoms with Crippen LogP contribution in [0.25, 0.3) is 0 Å². The largest absolute Gasteiger partial charge is 0.372 e. The van der Waals surface area contributed by atoms with E-state index in [-0.39, 0.29) is 11.3 Å². The molecule has 0 aromatic heterocycles. The summed E-state index contributed by atoms with van der Waals surface area (Å²) in [6.07, 6.45) is 0. The van der Waals surface area contributed by atoms with Gasteiger partial charge < -0.3 is 11.1 Å². The molecule has 0 saturated carbocycles. The molecular weight excluding hydrogens is 239 g/mol. The molecule has 0 aliphatic carbocycles. The van der Waals surface area contributed by atoms with E-state index in [1.807, 2.05) is 5.32 Å². The maximum Gasteiger partial charge on any atom is 0.318 e. The number of halogens is 1. The Morgan fingerprint density at radius 2 is 2.17 bits per heavy atom. The second-order valence-electron chi connectivity index (χ2n) is 3.53. The van der Waals surface area contributed by atoms with E-state index in [4.69, 9.17) is 11.0 Å². The Morgan fingerprint density at radius 1 is 1.50 bits per heavy atom. The van der Waals surface area contributed by atoms with Gasteiger partial charge in [-0.1, -0.05) is 0 Å². The number of nitrogens with one attached hydrogen (secondary N) is 2. The second kappa shape index (κ2) is 5.63. The molecule has 0 fully saturated rings. The highest BCUT2D eigenvalue weighted by Gasteiger charge is 2.15.